The molecule has 0 aliphatic heterocycles. The summed E-state index contributed by atoms with van der Waals surface area (Å²) in [6, 6.07) is 0. The number of carboxylic acid groups (broad SMARTS) is 1. The van der Waals surface area contributed by atoms with Gasteiger partial charge in [-0.15, -0.1) is 0 Å². The van der Waals surface area contributed by atoms with Gasteiger partial charge < -0.3 is 9.90 Å². The van der Waals surface area contributed by atoms with Crippen molar-refractivity contribution in [1.29, 1.82) is 0 Å². The Balaban J connectivity index is 0.00000169. The normalized spacial score (nSPS) is 29.8. The van der Waals surface area contributed by atoms with Crippen LogP contribution in [0, 0.1) is 17.3 Å². The third-order valence-corrected chi connectivity index (χ3v) is 3.44. The van der Waals surface area contributed by atoms with E-state index in [0.29, 0.717) is 6.42 Å². The summed E-state index contributed by atoms with van der Waals surface area (Å²) < 4.78 is 0. The molecule has 1 aliphatic carbocycles. The predicted octanol–water partition coefficient (Wildman–Crippen LogP) is -2.62. The van der Waals surface area contributed by atoms with Crippen LogP contribution in [0.1, 0.15) is 33.6 Å². The van der Waals surface area contributed by atoms with Crippen molar-refractivity contribution in [3.05, 3.63) is 0 Å². The number of hydrogen-bond donors (Lipinski definition) is 0. The van der Waals surface area contributed by atoms with Gasteiger partial charge in [-0.05, 0) is 17.8 Å². The molecule has 0 aromatic heterocycles. The molecule has 1 saturated carbocycles. The molecular weight excluding hydrogens is 191 g/mol. The third kappa shape index (κ3) is 2.59. The molecule has 2 atom stereocenters. The van der Waals surface area contributed by atoms with Gasteiger partial charge >= 0.3 is 29.6 Å². The van der Waals surface area contributed by atoms with E-state index >= 15 is 0 Å². The molecule has 1 rings (SSSR count). The van der Waals surface area contributed by atoms with E-state index in [-0.39, 0.29) is 59.0 Å². The fourth-order valence-corrected chi connectivity index (χ4v) is 2.01. The van der Waals surface area contributed by atoms with Gasteiger partial charge in [-0.25, -0.2) is 0 Å². The Hall–Kier alpha value is 0.140. The molecule has 1 aliphatic rings. The minimum atomic E-state index is -1.12. The first-order valence-corrected chi connectivity index (χ1v) is 4.58. The van der Waals surface area contributed by atoms with Crippen LogP contribution in [0.5, 0.6) is 0 Å². The van der Waals surface area contributed by atoms with Crippen molar-refractivity contribution in [2.75, 3.05) is 0 Å². The van der Waals surface area contributed by atoms with Gasteiger partial charge in [-0.2, -0.15) is 0 Å². The topological polar surface area (TPSA) is 57.2 Å². The van der Waals surface area contributed by atoms with Crippen molar-refractivity contribution in [2.45, 2.75) is 33.6 Å². The maximum absolute atomic E-state index is 11.4. The van der Waals surface area contributed by atoms with Crippen LogP contribution < -0.4 is 34.7 Å². The third-order valence-electron chi connectivity index (χ3n) is 3.44. The molecule has 1 fully saturated rings. The van der Waals surface area contributed by atoms with Crippen molar-refractivity contribution in [3.8, 4) is 0 Å². The smallest absolute Gasteiger partial charge is 0.550 e. The van der Waals surface area contributed by atoms with Crippen molar-refractivity contribution >= 4 is 11.8 Å². The second-order valence-electron chi connectivity index (χ2n) is 4.52. The molecule has 0 amide bonds. The zero-order valence-corrected chi connectivity index (χ0v) is 11.3. The fourth-order valence-electron chi connectivity index (χ4n) is 2.01. The van der Waals surface area contributed by atoms with E-state index in [2.05, 4.69) is 0 Å². The summed E-state index contributed by atoms with van der Waals surface area (Å²) in [5.41, 5.74) is -0.197. The van der Waals surface area contributed by atoms with Crippen LogP contribution in [-0.2, 0) is 9.59 Å². The summed E-state index contributed by atoms with van der Waals surface area (Å²) >= 11 is 0. The minimum absolute atomic E-state index is 0. The zero-order valence-electron chi connectivity index (χ0n) is 9.29. The van der Waals surface area contributed by atoms with Gasteiger partial charge in [0.1, 0.15) is 5.78 Å². The zero-order chi connectivity index (χ0) is 10.2. The Bertz CT molecular complexity index is 248. The van der Waals surface area contributed by atoms with Crippen LogP contribution in [0.3, 0.4) is 0 Å². The number of aliphatic carboxylic acids is 1. The van der Waals surface area contributed by atoms with Gasteiger partial charge in [0, 0.05) is 18.3 Å². The number of carbonyl (C=O) groups is 2. The number of Topliss-reactive ketones (excluding diaryl/α,β-unsaturated/α-hetero) is 1. The molecule has 14 heavy (non-hydrogen) atoms. The monoisotopic (exact) mass is 206 g/mol. The number of hydrogen-bond acceptors (Lipinski definition) is 3. The standard InChI is InChI=1S/C10H16O3.Na/c1-6-4-8(11)7(5-9(12)13)10(6,2)3;/h6-7H,4-5H2,1-3H3,(H,12,13);/q;+1/p-1. The number of carboxylic acids is 1. The van der Waals surface area contributed by atoms with Gasteiger partial charge in [0.15, 0.2) is 0 Å². The minimum Gasteiger partial charge on any atom is -0.550 e. The van der Waals surface area contributed by atoms with Crippen molar-refractivity contribution < 1.29 is 44.3 Å². The van der Waals surface area contributed by atoms with Crippen LogP contribution in [0.2, 0.25) is 0 Å². The summed E-state index contributed by atoms with van der Waals surface area (Å²) in [7, 11) is 0. The van der Waals surface area contributed by atoms with Gasteiger partial charge in [0.05, 0.1) is 0 Å². The average molecular weight is 206 g/mol. The van der Waals surface area contributed by atoms with Crippen LogP contribution in [-0.4, -0.2) is 11.8 Å². The van der Waals surface area contributed by atoms with Crippen LogP contribution in [0.25, 0.3) is 0 Å². The molecule has 3 nitrogen and oxygen atoms in total. The molecule has 0 bridgehead atoms. The average Bonchev–Trinajstić information content (AvgIpc) is 2.13. The van der Waals surface area contributed by atoms with Crippen molar-refractivity contribution in [1.82, 2.24) is 0 Å². The number of rotatable bonds is 2. The Morgan fingerprint density at radius 2 is 2.07 bits per heavy atom. The first-order valence-electron chi connectivity index (χ1n) is 4.58. The van der Waals surface area contributed by atoms with Gasteiger partial charge in [-0.3, -0.25) is 4.79 Å². The Morgan fingerprint density at radius 3 is 2.36 bits per heavy atom. The van der Waals surface area contributed by atoms with Crippen molar-refractivity contribution in [3.63, 3.8) is 0 Å². The molecule has 0 saturated heterocycles. The van der Waals surface area contributed by atoms with Crippen LogP contribution in [0.4, 0.5) is 0 Å². The molecule has 0 aromatic rings. The van der Waals surface area contributed by atoms with E-state index in [4.69, 9.17) is 0 Å². The molecule has 0 heterocycles. The quantitative estimate of drug-likeness (QED) is 0.465. The number of ketones is 1. The van der Waals surface area contributed by atoms with E-state index in [1.807, 2.05) is 20.8 Å². The Kier molecular flexibility index (Phi) is 4.82. The summed E-state index contributed by atoms with van der Waals surface area (Å²) in [5, 5.41) is 10.4. The molecule has 0 spiro atoms. The largest absolute Gasteiger partial charge is 1.00 e. The SMILES string of the molecule is CC1CC(=O)C(CC(=O)[O-])C1(C)C.[Na+]. The summed E-state index contributed by atoms with van der Waals surface area (Å²) in [6.07, 6.45) is 0.376. The second-order valence-corrected chi connectivity index (χ2v) is 4.52. The Morgan fingerprint density at radius 1 is 1.57 bits per heavy atom. The maximum atomic E-state index is 11.4. The molecule has 2 unspecified atom stereocenters. The molecule has 0 N–H and O–H groups in total. The second kappa shape index (κ2) is 4.77. The van der Waals surface area contributed by atoms with E-state index in [1.165, 1.54) is 0 Å². The summed E-state index contributed by atoms with van der Waals surface area (Å²) in [6.45, 7) is 5.90. The van der Waals surface area contributed by atoms with Gasteiger partial charge in [0.25, 0.3) is 0 Å². The van der Waals surface area contributed by atoms with E-state index in [1.54, 1.807) is 0 Å². The molecule has 0 aromatic carbocycles. The number of carbonyl (C=O) groups excluding carboxylic acids is 2. The van der Waals surface area contributed by atoms with E-state index < -0.39 is 5.97 Å². The Labute approximate surface area is 107 Å². The molecule has 4 heteroatoms. The molecule has 0 radical (unpaired) electrons. The first kappa shape index (κ1) is 14.1. The van der Waals surface area contributed by atoms with Crippen molar-refractivity contribution in [2.24, 2.45) is 17.3 Å². The first-order chi connectivity index (χ1) is 5.85. The maximum Gasteiger partial charge on any atom is 1.00 e. The van der Waals surface area contributed by atoms with Gasteiger partial charge in [-0.1, -0.05) is 20.8 Å². The van der Waals surface area contributed by atoms with Gasteiger partial charge in [0.2, 0.25) is 0 Å². The van der Waals surface area contributed by atoms with E-state index in [9.17, 15) is 14.7 Å². The predicted molar refractivity (Wildman–Crippen MR) is 45.7 cm³/mol. The summed E-state index contributed by atoms with van der Waals surface area (Å²) in [5.74, 6) is -1.14. The molecule has 74 valence electrons. The molecular formula is C10H15NaO3. The van der Waals surface area contributed by atoms with Crippen LogP contribution >= 0.6 is 0 Å². The van der Waals surface area contributed by atoms with Crippen LogP contribution in [0.15, 0.2) is 0 Å². The fraction of sp³-hybridized carbons (Fsp3) is 0.800. The summed E-state index contributed by atoms with van der Waals surface area (Å²) in [4.78, 5) is 21.9. The van der Waals surface area contributed by atoms with E-state index in [0.717, 1.165) is 0 Å².